The fourth-order valence-electron chi connectivity index (χ4n) is 10.2. The predicted octanol–water partition coefficient (Wildman–Crippen LogP) is 24.6. The van der Waals surface area contributed by atoms with Crippen molar-refractivity contribution in [2.24, 2.45) is 0 Å². The Morgan fingerprint density at radius 2 is 0.568 bits per heavy atom. The number of rotatable bonds is 69. The van der Waals surface area contributed by atoms with Crippen molar-refractivity contribution in [3.05, 3.63) is 170 Å². The van der Waals surface area contributed by atoms with Gasteiger partial charge >= 0.3 is 17.9 Å². The molecule has 1 N–H and O–H groups in total. The van der Waals surface area contributed by atoms with E-state index in [2.05, 4.69) is 184 Å². The fourth-order valence-corrected chi connectivity index (χ4v) is 10.2. The number of carboxylic acid groups (broad SMARTS) is 1. The SMILES string of the molecule is CC/C=C\C/C=C\C/C=C\C/C=C\C/C=C\C/C=C\C/C=C\C/C=C\CCCCCCCCCCCCC(=O)OC(COC(=O)CCCCCCCCCCCCCCCCCC/C=C\C/C=C\C/C=C\C/C=C\C/C=C\C/C=C\CC)COC(OCC[N+](C)(C)C)C(=O)O. The molecule has 538 valence electrons. The molecule has 2 unspecified atom stereocenters. The van der Waals surface area contributed by atoms with Crippen LogP contribution in [-0.4, -0.2) is 87.4 Å². The molecule has 0 aromatic heterocycles. The number of allylic oxidation sites excluding steroid dienone is 28. The van der Waals surface area contributed by atoms with E-state index < -0.39 is 24.3 Å². The lowest BCUT2D eigenvalue weighted by Gasteiger charge is -2.25. The van der Waals surface area contributed by atoms with Gasteiger partial charge in [0.05, 0.1) is 34.4 Å². The van der Waals surface area contributed by atoms with Gasteiger partial charge in [-0.05, 0) is 128 Å². The molecular weight excluding hydrogens is 1170 g/mol. The van der Waals surface area contributed by atoms with E-state index in [-0.39, 0.29) is 32.2 Å². The largest absolute Gasteiger partial charge is 0.477 e. The van der Waals surface area contributed by atoms with Crippen molar-refractivity contribution in [3.63, 3.8) is 0 Å². The number of carbonyl (C=O) groups excluding carboxylic acids is 2. The Labute approximate surface area is 584 Å². The molecule has 0 aliphatic heterocycles. The molecule has 0 saturated heterocycles. The zero-order valence-electron chi connectivity index (χ0n) is 61.5. The van der Waals surface area contributed by atoms with E-state index >= 15 is 0 Å². The first-order valence-electron chi connectivity index (χ1n) is 38.3. The van der Waals surface area contributed by atoms with Crippen LogP contribution in [0.5, 0.6) is 0 Å². The molecule has 0 aromatic rings. The second-order valence-corrected chi connectivity index (χ2v) is 26.2. The van der Waals surface area contributed by atoms with Crippen molar-refractivity contribution in [3.8, 4) is 0 Å². The van der Waals surface area contributed by atoms with Gasteiger partial charge in [0.1, 0.15) is 13.2 Å². The van der Waals surface area contributed by atoms with E-state index in [1.807, 2.05) is 21.1 Å². The highest BCUT2D eigenvalue weighted by Gasteiger charge is 2.25. The highest BCUT2D eigenvalue weighted by atomic mass is 16.7. The zero-order valence-corrected chi connectivity index (χ0v) is 61.5. The van der Waals surface area contributed by atoms with Crippen LogP contribution in [0.15, 0.2) is 170 Å². The van der Waals surface area contributed by atoms with Gasteiger partial charge in [-0.25, -0.2) is 4.79 Å². The smallest absolute Gasteiger partial charge is 0.361 e. The van der Waals surface area contributed by atoms with Crippen molar-refractivity contribution in [2.45, 2.75) is 309 Å². The number of likely N-dealkylation sites (N-methyl/N-ethyl adjacent to an activating group) is 1. The zero-order chi connectivity index (χ0) is 69.0. The lowest BCUT2D eigenvalue weighted by molar-refractivity contribution is -0.870. The minimum absolute atomic E-state index is 0.180. The highest BCUT2D eigenvalue weighted by molar-refractivity contribution is 5.71. The van der Waals surface area contributed by atoms with Gasteiger partial charge in [0, 0.05) is 12.8 Å². The molecule has 0 aliphatic rings. The molecule has 0 rings (SSSR count). The number of carboxylic acids is 1. The number of hydrogen-bond donors (Lipinski definition) is 1. The number of ether oxygens (including phenoxy) is 4. The van der Waals surface area contributed by atoms with Crippen LogP contribution in [0.2, 0.25) is 0 Å². The van der Waals surface area contributed by atoms with Gasteiger partial charge in [-0.1, -0.05) is 325 Å². The molecule has 0 radical (unpaired) electrons. The second kappa shape index (κ2) is 74.4. The first-order valence-corrected chi connectivity index (χ1v) is 38.3. The van der Waals surface area contributed by atoms with Crippen LogP contribution in [0.4, 0.5) is 0 Å². The van der Waals surface area contributed by atoms with Gasteiger partial charge in [-0.15, -0.1) is 0 Å². The van der Waals surface area contributed by atoms with Crippen molar-refractivity contribution >= 4 is 17.9 Å². The van der Waals surface area contributed by atoms with Gasteiger partial charge in [0.15, 0.2) is 6.10 Å². The van der Waals surface area contributed by atoms with Crippen molar-refractivity contribution in [2.75, 3.05) is 47.5 Å². The van der Waals surface area contributed by atoms with Crippen LogP contribution in [0.1, 0.15) is 296 Å². The van der Waals surface area contributed by atoms with Gasteiger partial charge < -0.3 is 28.5 Å². The van der Waals surface area contributed by atoms with Crippen LogP contribution in [0.3, 0.4) is 0 Å². The summed E-state index contributed by atoms with van der Waals surface area (Å²) < 4.78 is 23.0. The maximum atomic E-state index is 13.0. The first kappa shape index (κ1) is 89.6. The van der Waals surface area contributed by atoms with E-state index in [1.54, 1.807) is 0 Å². The van der Waals surface area contributed by atoms with Crippen LogP contribution < -0.4 is 0 Å². The van der Waals surface area contributed by atoms with E-state index in [4.69, 9.17) is 18.9 Å². The van der Waals surface area contributed by atoms with E-state index in [9.17, 15) is 19.5 Å². The third-order valence-corrected chi connectivity index (χ3v) is 16.0. The third kappa shape index (κ3) is 75.9. The molecule has 9 nitrogen and oxygen atoms in total. The monoisotopic (exact) mass is 1320 g/mol. The Bertz CT molecular complexity index is 2170. The number of nitrogens with zero attached hydrogens (tertiary/aromatic N) is 1. The molecule has 9 heteroatoms. The third-order valence-electron chi connectivity index (χ3n) is 16.0. The molecule has 0 aromatic carbocycles. The summed E-state index contributed by atoms with van der Waals surface area (Å²) in [5, 5.41) is 9.77. The number of unbranched alkanes of at least 4 members (excludes halogenated alkanes) is 26. The summed E-state index contributed by atoms with van der Waals surface area (Å²) in [6.45, 7) is 4.65. The molecule has 0 fully saturated rings. The minimum Gasteiger partial charge on any atom is -0.477 e. The highest BCUT2D eigenvalue weighted by Crippen LogP contribution is 2.17. The summed E-state index contributed by atoms with van der Waals surface area (Å²) in [7, 11) is 5.97. The molecule has 0 spiro atoms. The van der Waals surface area contributed by atoms with E-state index in [1.165, 1.54) is 128 Å². The van der Waals surface area contributed by atoms with Crippen LogP contribution >= 0.6 is 0 Å². The Balaban J connectivity index is 4.12. The molecule has 0 amide bonds. The maximum Gasteiger partial charge on any atom is 0.361 e. The predicted molar refractivity (Wildman–Crippen MR) is 410 cm³/mol. The molecular formula is C86H142NO8+. The molecule has 95 heavy (non-hydrogen) atoms. The molecule has 0 heterocycles. The number of esters is 2. The normalized spacial score (nSPS) is 13.7. The van der Waals surface area contributed by atoms with Crippen molar-refractivity contribution < 1.29 is 42.9 Å². The number of aliphatic carboxylic acids is 1. The second-order valence-electron chi connectivity index (χ2n) is 26.2. The minimum atomic E-state index is -1.52. The summed E-state index contributed by atoms with van der Waals surface area (Å²) in [5.41, 5.74) is 0. The topological polar surface area (TPSA) is 108 Å². The number of hydrogen-bond acceptors (Lipinski definition) is 7. The average molecular weight is 1320 g/mol. The van der Waals surface area contributed by atoms with Crippen molar-refractivity contribution in [1.29, 1.82) is 0 Å². The average Bonchev–Trinajstić information content (AvgIpc) is 3.58. The van der Waals surface area contributed by atoms with Crippen LogP contribution in [-0.2, 0) is 33.3 Å². The van der Waals surface area contributed by atoms with Crippen LogP contribution in [0.25, 0.3) is 0 Å². The quantitative estimate of drug-likeness (QED) is 0.0211. The van der Waals surface area contributed by atoms with Crippen molar-refractivity contribution in [1.82, 2.24) is 0 Å². The number of quaternary nitrogens is 1. The summed E-state index contributed by atoms with van der Waals surface area (Å²) in [6.07, 6.45) is 109. The summed E-state index contributed by atoms with van der Waals surface area (Å²) in [6, 6.07) is 0. The lowest BCUT2D eigenvalue weighted by Crippen LogP contribution is -2.40. The molecule has 0 saturated carbocycles. The molecule has 0 bridgehead atoms. The standard InChI is InChI=1S/C86H141NO8/c1-6-8-10-12-14-16-18-20-22-24-26-28-30-32-34-36-38-40-42-44-46-48-50-52-54-56-58-60-62-64-66-68-70-72-74-76-83(88)93-80-82(81-94-86(85(90)91)92-79-78-87(3,4)5)95-84(89)77-75-73-71-69-67-65-63-61-59-57-55-53-51-49-47-45-43-41-39-37-35-33-31-29-27-25-23-21-19-17-15-13-11-9-7-2/h8-11,14-17,20-23,26-29,32-35,38-41,45,47,51,53,82,86H,6-7,12-13,18-19,24-25,30-31,36-37,42-44,46,48-50,52,54-81H2,1-5H3/p+1/b10-8-,11-9-,16-14-,17-15-,22-20-,23-21-,28-26-,29-27-,34-32-,35-33-,40-38-,41-39-,47-45-,53-51-. The maximum absolute atomic E-state index is 13.0. The summed E-state index contributed by atoms with van der Waals surface area (Å²) in [4.78, 5) is 37.7. The molecule has 2 atom stereocenters. The summed E-state index contributed by atoms with van der Waals surface area (Å²) in [5.74, 6) is -2.01. The Kier molecular flexibility index (Phi) is 70.2. The first-order chi connectivity index (χ1) is 46.6. The van der Waals surface area contributed by atoms with Gasteiger partial charge in [-0.2, -0.15) is 0 Å². The fraction of sp³-hybridized carbons (Fsp3) is 0.640. The van der Waals surface area contributed by atoms with E-state index in [0.29, 0.717) is 23.9 Å². The van der Waals surface area contributed by atoms with Gasteiger partial charge in [0.2, 0.25) is 0 Å². The Morgan fingerprint density at radius 3 is 0.842 bits per heavy atom. The van der Waals surface area contributed by atoms with Crippen LogP contribution in [0, 0.1) is 0 Å². The van der Waals surface area contributed by atoms with Gasteiger partial charge in [0.25, 0.3) is 6.29 Å². The van der Waals surface area contributed by atoms with E-state index in [0.717, 1.165) is 135 Å². The Hall–Kier alpha value is -5.35. The Morgan fingerprint density at radius 1 is 0.316 bits per heavy atom. The number of carbonyl (C=O) groups is 3. The summed E-state index contributed by atoms with van der Waals surface area (Å²) >= 11 is 0. The molecule has 0 aliphatic carbocycles. The lowest BCUT2D eigenvalue weighted by atomic mass is 10.0. The van der Waals surface area contributed by atoms with Gasteiger partial charge in [-0.3, -0.25) is 9.59 Å².